The molecule has 2 aromatic carbocycles. The van der Waals surface area contributed by atoms with Crippen LogP contribution in [0, 0.1) is 16.2 Å². The van der Waals surface area contributed by atoms with Crippen LogP contribution in [0.4, 0.5) is 5.69 Å². The van der Waals surface area contributed by atoms with Crippen LogP contribution in [-0.2, 0) is 0 Å². The monoisotopic (exact) mass is 285 g/mol. The molecular formula is C16H17N2O3. The quantitative estimate of drug-likeness (QED) is 0.627. The molecule has 0 aliphatic rings. The first-order valence-corrected chi connectivity index (χ1v) is 6.71. The number of rotatable bonds is 7. The highest BCUT2D eigenvalue weighted by Crippen LogP contribution is 2.19. The number of nitro benzene ring substituents is 1. The van der Waals surface area contributed by atoms with Crippen LogP contribution in [0.5, 0.6) is 5.75 Å². The van der Waals surface area contributed by atoms with Crippen molar-refractivity contribution in [3.63, 3.8) is 0 Å². The fraction of sp³-hybridized carbons (Fsp3) is 0.250. The minimum absolute atomic E-state index is 0.0657. The van der Waals surface area contributed by atoms with Crippen molar-refractivity contribution in [3.05, 3.63) is 70.3 Å². The first-order chi connectivity index (χ1) is 10.2. The molecule has 1 N–H and O–H groups in total. The number of nitro groups is 1. The number of hydrogen-bond acceptors (Lipinski definition) is 4. The average molecular weight is 285 g/mol. The number of non-ortho nitro benzene ring substituents is 1. The van der Waals surface area contributed by atoms with Crippen molar-refractivity contribution in [2.75, 3.05) is 13.7 Å². The molecule has 0 aliphatic carbocycles. The zero-order chi connectivity index (χ0) is 15.1. The third kappa shape index (κ3) is 4.29. The normalized spacial score (nSPS) is 11.9. The van der Waals surface area contributed by atoms with E-state index in [4.69, 9.17) is 4.74 Å². The fourth-order valence-corrected chi connectivity index (χ4v) is 2.07. The molecule has 0 aliphatic heterocycles. The molecule has 0 spiro atoms. The minimum atomic E-state index is -0.423. The predicted octanol–water partition coefficient (Wildman–Crippen LogP) is 3.12. The standard InChI is InChI=1S/C16H17N2O3/c1-17-16(13-5-3-2-4-6-13)11-12-21-15-9-7-14(8-10-15)18(19)20/h3-10,16-17H,11-12H2,1H3. The van der Waals surface area contributed by atoms with E-state index < -0.39 is 4.92 Å². The van der Waals surface area contributed by atoms with Crippen LogP contribution in [0.15, 0.2) is 48.5 Å². The van der Waals surface area contributed by atoms with E-state index in [9.17, 15) is 10.1 Å². The Labute approximate surface area is 123 Å². The second-order valence-electron chi connectivity index (χ2n) is 4.56. The molecule has 1 unspecified atom stereocenters. The molecule has 0 amide bonds. The molecule has 2 rings (SSSR count). The Balaban J connectivity index is 1.87. The van der Waals surface area contributed by atoms with Gasteiger partial charge in [-0.15, -0.1) is 0 Å². The summed E-state index contributed by atoms with van der Waals surface area (Å²) in [7, 11) is 1.91. The van der Waals surface area contributed by atoms with Crippen LogP contribution in [0.25, 0.3) is 0 Å². The van der Waals surface area contributed by atoms with Crippen LogP contribution in [0.1, 0.15) is 18.0 Å². The van der Waals surface area contributed by atoms with Gasteiger partial charge in [0.1, 0.15) is 5.75 Å². The van der Waals surface area contributed by atoms with Gasteiger partial charge in [-0.05, 0) is 30.8 Å². The second-order valence-corrected chi connectivity index (χ2v) is 4.56. The van der Waals surface area contributed by atoms with Crippen molar-refractivity contribution in [1.29, 1.82) is 0 Å². The zero-order valence-electron chi connectivity index (χ0n) is 11.8. The molecule has 5 nitrogen and oxygen atoms in total. The topological polar surface area (TPSA) is 64.4 Å². The van der Waals surface area contributed by atoms with Gasteiger partial charge in [-0.25, -0.2) is 0 Å². The van der Waals surface area contributed by atoms with E-state index in [0.717, 1.165) is 6.42 Å². The van der Waals surface area contributed by atoms with Gasteiger partial charge < -0.3 is 10.1 Å². The Morgan fingerprint density at radius 2 is 1.90 bits per heavy atom. The lowest BCUT2D eigenvalue weighted by Crippen LogP contribution is -2.19. The molecule has 0 saturated heterocycles. The Bertz CT molecular complexity index is 570. The van der Waals surface area contributed by atoms with Crippen molar-refractivity contribution in [2.45, 2.75) is 12.5 Å². The number of hydrogen-bond donors (Lipinski definition) is 1. The van der Waals surface area contributed by atoms with Gasteiger partial charge in [-0.3, -0.25) is 10.1 Å². The van der Waals surface area contributed by atoms with E-state index in [2.05, 4.69) is 11.4 Å². The van der Waals surface area contributed by atoms with Crippen molar-refractivity contribution in [3.8, 4) is 5.75 Å². The van der Waals surface area contributed by atoms with Gasteiger partial charge in [0.15, 0.2) is 0 Å². The molecule has 1 atom stereocenters. The largest absolute Gasteiger partial charge is 0.494 e. The average Bonchev–Trinajstić information content (AvgIpc) is 2.53. The van der Waals surface area contributed by atoms with Crippen LogP contribution in [0.3, 0.4) is 0 Å². The van der Waals surface area contributed by atoms with E-state index in [0.29, 0.717) is 12.4 Å². The maximum atomic E-state index is 10.6. The summed E-state index contributed by atoms with van der Waals surface area (Å²) in [5.74, 6) is 0.636. The van der Waals surface area contributed by atoms with Gasteiger partial charge in [-0.1, -0.05) is 24.3 Å². The second kappa shape index (κ2) is 7.40. The summed E-state index contributed by atoms with van der Waals surface area (Å²) in [4.78, 5) is 10.1. The molecule has 0 aromatic heterocycles. The van der Waals surface area contributed by atoms with Crippen molar-refractivity contribution in [2.24, 2.45) is 0 Å². The van der Waals surface area contributed by atoms with Crippen LogP contribution < -0.4 is 10.1 Å². The van der Waals surface area contributed by atoms with Crippen LogP contribution in [-0.4, -0.2) is 18.6 Å². The van der Waals surface area contributed by atoms with E-state index in [-0.39, 0.29) is 11.7 Å². The predicted molar refractivity (Wildman–Crippen MR) is 80.3 cm³/mol. The molecule has 109 valence electrons. The molecule has 0 heterocycles. The summed E-state index contributed by atoms with van der Waals surface area (Å²) in [5.41, 5.74) is 1.25. The number of nitrogens with zero attached hydrogens (tertiary/aromatic N) is 1. The summed E-state index contributed by atoms with van der Waals surface area (Å²) in [6, 6.07) is 17.1. The summed E-state index contributed by atoms with van der Waals surface area (Å²) in [6.07, 6.45) is 0.803. The van der Waals surface area contributed by atoms with E-state index in [1.54, 1.807) is 12.1 Å². The minimum Gasteiger partial charge on any atom is -0.494 e. The zero-order valence-corrected chi connectivity index (χ0v) is 11.8. The lowest BCUT2D eigenvalue weighted by atomic mass is 10.0. The Hall–Kier alpha value is -2.40. The number of benzene rings is 2. The molecule has 1 radical (unpaired) electrons. The summed E-state index contributed by atoms with van der Waals surface area (Å²) < 4.78 is 5.62. The maximum Gasteiger partial charge on any atom is 0.269 e. The maximum absolute atomic E-state index is 10.6. The molecule has 0 saturated carbocycles. The van der Waals surface area contributed by atoms with E-state index in [1.807, 2.05) is 31.3 Å². The van der Waals surface area contributed by atoms with Crippen LogP contribution >= 0.6 is 0 Å². The number of nitrogens with one attached hydrogen (secondary N) is 1. The number of ether oxygens (including phenoxy) is 1. The highest BCUT2D eigenvalue weighted by molar-refractivity contribution is 5.35. The molecular weight excluding hydrogens is 268 g/mol. The van der Waals surface area contributed by atoms with Gasteiger partial charge in [0, 0.05) is 24.6 Å². The first kappa shape index (κ1) is 15.0. The Kier molecular flexibility index (Phi) is 5.29. The Morgan fingerprint density at radius 3 is 2.48 bits per heavy atom. The van der Waals surface area contributed by atoms with Crippen LogP contribution in [0.2, 0.25) is 0 Å². The molecule has 0 fully saturated rings. The first-order valence-electron chi connectivity index (χ1n) is 6.71. The lowest BCUT2D eigenvalue weighted by molar-refractivity contribution is -0.384. The summed E-state index contributed by atoms with van der Waals surface area (Å²) in [6.45, 7) is 0.530. The molecule has 21 heavy (non-hydrogen) atoms. The molecule has 2 aromatic rings. The third-order valence-electron chi connectivity index (χ3n) is 3.22. The molecule has 0 bridgehead atoms. The van der Waals surface area contributed by atoms with E-state index in [1.165, 1.54) is 17.7 Å². The highest BCUT2D eigenvalue weighted by atomic mass is 16.6. The fourth-order valence-electron chi connectivity index (χ4n) is 2.07. The van der Waals surface area contributed by atoms with Gasteiger partial charge in [0.2, 0.25) is 0 Å². The SMILES string of the molecule is CNC(CCOc1ccc([N+](=O)[O-])cc1)c1cc[c]cc1. The van der Waals surface area contributed by atoms with Gasteiger partial charge in [0.25, 0.3) is 5.69 Å². The third-order valence-corrected chi connectivity index (χ3v) is 3.22. The smallest absolute Gasteiger partial charge is 0.269 e. The van der Waals surface area contributed by atoms with Gasteiger partial charge in [-0.2, -0.15) is 0 Å². The van der Waals surface area contributed by atoms with Gasteiger partial charge in [0.05, 0.1) is 11.5 Å². The van der Waals surface area contributed by atoms with Crippen molar-refractivity contribution >= 4 is 5.69 Å². The summed E-state index contributed by atoms with van der Waals surface area (Å²) >= 11 is 0. The highest BCUT2D eigenvalue weighted by Gasteiger charge is 2.09. The summed E-state index contributed by atoms with van der Waals surface area (Å²) in [5, 5.41) is 13.8. The lowest BCUT2D eigenvalue weighted by Gasteiger charge is -2.16. The van der Waals surface area contributed by atoms with E-state index >= 15 is 0 Å². The molecule has 5 heteroatoms. The van der Waals surface area contributed by atoms with Gasteiger partial charge >= 0.3 is 0 Å². The van der Waals surface area contributed by atoms with Crippen molar-refractivity contribution < 1.29 is 9.66 Å². The Morgan fingerprint density at radius 1 is 1.24 bits per heavy atom. The van der Waals surface area contributed by atoms with Crippen molar-refractivity contribution in [1.82, 2.24) is 5.32 Å².